The molecule has 0 atom stereocenters. The third kappa shape index (κ3) is 3.20. The van der Waals surface area contributed by atoms with E-state index in [1.54, 1.807) is 22.9 Å². The fraction of sp³-hybridized carbons (Fsp3) is 0.458. The molecule has 2 fully saturated rings. The zero-order chi connectivity index (χ0) is 22.5. The second-order valence-corrected chi connectivity index (χ2v) is 9.04. The first-order valence-corrected chi connectivity index (χ1v) is 11.2. The van der Waals surface area contributed by atoms with E-state index in [9.17, 15) is 18.8 Å². The lowest BCUT2D eigenvalue weighted by Gasteiger charge is -2.35. The molecule has 1 saturated heterocycles. The summed E-state index contributed by atoms with van der Waals surface area (Å²) in [5.41, 5.74) is 2.09. The maximum absolute atomic E-state index is 13.5. The maximum Gasteiger partial charge on any atom is 0.327 e. The van der Waals surface area contributed by atoms with Gasteiger partial charge in [-0.2, -0.15) is 0 Å². The van der Waals surface area contributed by atoms with Gasteiger partial charge < -0.3 is 14.8 Å². The quantitative estimate of drug-likeness (QED) is 0.745. The topological polar surface area (TPSA) is 76.7 Å². The van der Waals surface area contributed by atoms with Gasteiger partial charge in [0.25, 0.3) is 5.91 Å². The van der Waals surface area contributed by atoms with E-state index >= 15 is 0 Å². The van der Waals surface area contributed by atoms with Gasteiger partial charge in [-0.05, 0) is 43.0 Å². The lowest BCUT2D eigenvalue weighted by atomic mass is 9.81. The Hall–Kier alpha value is -3.16. The first-order valence-electron chi connectivity index (χ1n) is 11.2. The standard InChI is InChI=1S/C24H27FN4O3/c1-27-23(32)29(22(31)24(27)9-3-2-4-10-24)15-21(30)28-11-7-16(8-12-28)19-14-26-20-13-17(25)5-6-18(19)20/h5-7,13-14,26H,2-4,8-12,15H2,1H3. The van der Waals surface area contributed by atoms with E-state index in [0.717, 1.165) is 46.2 Å². The number of halogens is 1. The highest BCUT2D eigenvalue weighted by molar-refractivity contribution is 6.09. The molecule has 0 bridgehead atoms. The normalized spacial score (nSPS) is 21.1. The van der Waals surface area contributed by atoms with Crippen molar-refractivity contribution in [2.45, 2.75) is 44.1 Å². The molecule has 3 heterocycles. The summed E-state index contributed by atoms with van der Waals surface area (Å²) < 4.78 is 13.5. The first kappa shape index (κ1) is 20.7. The van der Waals surface area contributed by atoms with Crippen LogP contribution in [0.3, 0.4) is 0 Å². The van der Waals surface area contributed by atoms with Crippen molar-refractivity contribution in [2.24, 2.45) is 0 Å². The van der Waals surface area contributed by atoms with Crippen LogP contribution in [0.25, 0.3) is 16.5 Å². The van der Waals surface area contributed by atoms with Gasteiger partial charge in [-0.25, -0.2) is 9.18 Å². The molecule has 32 heavy (non-hydrogen) atoms. The molecule has 4 amide bonds. The highest BCUT2D eigenvalue weighted by atomic mass is 19.1. The lowest BCUT2D eigenvalue weighted by Crippen LogP contribution is -2.49. The monoisotopic (exact) mass is 438 g/mol. The second kappa shape index (κ2) is 7.76. The number of nitrogens with zero attached hydrogens (tertiary/aromatic N) is 3. The minimum absolute atomic E-state index is 0.209. The molecule has 1 spiro atoms. The van der Waals surface area contributed by atoms with Crippen molar-refractivity contribution in [1.82, 2.24) is 19.7 Å². The average Bonchev–Trinajstić information content (AvgIpc) is 3.30. The molecule has 1 aromatic heterocycles. The Morgan fingerprint density at radius 3 is 2.69 bits per heavy atom. The number of benzene rings is 1. The number of imide groups is 1. The van der Waals surface area contributed by atoms with Crippen LogP contribution in [-0.2, 0) is 9.59 Å². The minimum Gasteiger partial charge on any atom is -0.360 e. The number of amides is 4. The molecule has 1 aromatic carbocycles. The van der Waals surface area contributed by atoms with Gasteiger partial charge in [0, 0.05) is 42.8 Å². The van der Waals surface area contributed by atoms with E-state index in [1.807, 2.05) is 12.3 Å². The second-order valence-electron chi connectivity index (χ2n) is 9.04. The predicted molar refractivity (Wildman–Crippen MR) is 118 cm³/mol. The molecule has 3 aliphatic rings. The number of carbonyl (C=O) groups is 3. The molecule has 5 rings (SSSR count). The van der Waals surface area contributed by atoms with Crippen molar-refractivity contribution in [2.75, 3.05) is 26.7 Å². The zero-order valence-electron chi connectivity index (χ0n) is 18.2. The largest absolute Gasteiger partial charge is 0.360 e. The molecule has 2 aromatic rings. The van der Waals surface area contributed by atoms with Crippen molar-refractivity contribution < 1.29 is 18.8 Å². The average molecular weight is 439 g/mol. The highest BCUT2D eigenvalue weighted by Crippen LogP contribution is 2.39. The van der Waals surface area contributed by atoms with E-state index in [-0.39, 0.29) is 30.2 Å². The van der Waals surface area contributed by atoms with Crippen molar-refractivity contribution >= 4 is 34.3 Å². The summed E-state index contributed by atoms with van der Waals surface area (Å²) in [6.45, 7) is 0.717. The van der Waals surface area contributed by atoms with Gasteiger partial charge >= 0.3 is 6.03 Å². The van der Waals surface area contributed by atoms with Crippen LogP contribution in [0.1, 0.15) is 44.1 Å². The molecule has 7 nitrogen and oxygen atoms in total. The van der Waals surface area contributed by atoms with Gasteiger partial charge in [0.05, 0.1) is 0 Å². The van der Waals surface area contributed by atoms with Gasteiger partial charge in [-0.1, -0.05) is 25.3 Å². The third-order valence-electron chi connectivity index (χ3n) is 7.33. The molecule has 1 aliphatic carbocycles. The van der Waals surface area contributed by atoms with Crippen molar-refractivity contribution in [1.29, 1.82) is 0 Å². The predicted octanol–water partition coefficient (Wildman–Crippen LogP) is 3.52. The SMILES string of the molecule is CN1C(=O)N(CC(=O)N2CC=C(c3c[nH]c4cc(F)ccc34)CC2)C(=O)C12CCCCC2. The number of rotatable bonds is 3. The van der Waals surface area contributed by atoms with Crippen molar-refractivity contribution in [3.8, 4) is 0 Å². The molecular formula is C24H27FN4O3. The van der Waals surface area contributed by atoms with Crippen molar-refractivity contribution in [3.63, 3.8) is 0 Å². The Bertz CT molecular complexity index is 1130. The Kier molecular flexibility index (Phi) is 5.03. The van der Waals surface area contributed by atoms with Gasteiger partial charge in [0.2, 0.25) is 5.91 Å². The Morgan fingerprint density at radius 1 is 1.19 bits per heavy atom. The number of aromatic amines is 1. The number of hydrogen-bond donors (Lipinski definition) is 1. The van der Waals surface area contributed by atoms with E-state index in [1.165, 1.54) is 12.1 Å². The summed E-state index contributed by atoms with van der Waals surface area (Å²) in [6, 6.07) is 4.30. The van der Waals surface area contributed by atoms with E-state index < -0.39 is 5.54 Å². The molecule has 2 aliphatic heterocycles. The van der Waals surface area contributed by atoms with Crippen molar-refractivity contribution in [3.05, 3.63) is 41.9 Å². The van der Waals surface area contributed by atoms with Gasteiger partial charge in [-0.15, -0.1) is 0 Å². The number of likely N-dealkylation sites (N-methyl/N-ethyl adjacent to an activating group) is 1. The summed E-state index contributed by atoms with van der Waals surface area (Å²) in [6.07, 6.45) is 8.78. The van der Waals surface area contributed by atoms with Gasteiger partial charge in [-0.3, -0.25) is 14.5 Å². The third-order valence-corrected chi connectivity index (χ3v) is 7.33. The molecular weight excluding hydrogens is 411 g/mol. The summed E-state index contributed by atoms with van der Waals surface area (Å²) in [7, 11) is 1.68. The zero-order valence-corrected chi connectivity index (χ0v) is 18.2. The minimum atomic E-state index is -0.764. The molecule has 1 saturated carbocycles. The van der Waals surface area contributed by atoms with Crippen LogP contribution >= 0.6 is 0 Å². The number of aromatic nitrogens is 1. The maximum atomic E-state index is 13.5. The van der Waals surface area contributed by atoms with E-state index in [2.05, 4.69) is 4.98 Å². The number of H-pyrrole nitrogens is 1. The van der Waals surface area contributed by atoms with Gasteiger partial charge in [0.1, 0.15) is 17.9 Å². The molecule has 0 unspecified atom stereocenters. The number of carbonyl (C=O) groups excluding carboxylic acids is 3. The Labute approximate surface area is 185 Å². The number of fused-ring (bicyclic) bond motifs is 1. The number of urea groups is 1. The number of nitrogens with one attached hydrogen (secondary N) is 1. The number of hydrogen-bond acceptors (Lipinski definition) is 3. The summed E-state index contributed by atoms with van der Waals surface area (Å²) >= 11 is 0. The van der Waals surface area contributed by atoms with Gasteiger partial charge in [0.15, 0.2) is 0 Å². The molecule has 1 N–H and O–H groups in total. The Morgan fingerprint density at radius 2 is 1.97 bits per heavy atom. The van der Waals surface area contributed by atoms with E-state index in [4.69, 9.17) is 0 Å². The van der Waals surface area contributed by atoms with Crippen LogP contribution in [0.15, 0.2) is 30.5 Å². The van der Waals surface area contributed by atoms with Crippen LogP contribution in [0.4, 0.5) is 9.18 Å². The summed E-state index contributed by atoms with van der Waals surface area (Å²) in [5, 5.41) is 0.950. The van der Waals surface area contributed by atoms with Crippen LogP contribution in [0.5, 0.6) is 0 Å². The molecule has 168 valence electrons. The summed E-state index contributed by atoms with van der Waals surface area (Å²) in [5.74, 6) is -0.728. The first-order chi connectivity index (χ1) is 15.4. The van der Waals surface area contributed by atoms with E-state index in [0.29, 0.717) is 32.4 Å². The highest BCUT2D eigenvalue weighted by Gasteiger charge is 2.56. The van der Waals surface area contributed by atoms with Crippen LogP contribution in [0, 0.1) is 5.82 Å². The lowest BCUT2D eigenvalue weighted by molar-refractivity contribution is -0.140. The Balaban J connectivity index is 1.28. The smallest absolute Gasteiger partial charge is 0.327 e. The summed E-state index contributed by atoms with van der Waals surface area (Å²) in [4.78, 5) is 46.3. The molecule has 8 heteroatoms. The van der Waals surface area contributed by atoms with Crippen LogP contribution in [0.2, 0.25) is 0 Å². The van der Waals surface area contributed by atoms with Crippen LogP contribution in [-0.4, -0.2) is 69.8 Å². The fourth-order valence-corrected chi connectivity index (χ4v) is 5.41. The van der Waals surface area contributed by atoms with Crippen LogP contribution < -0.4 is 0 Å². The fourth-order valence-electron chi connectivity index (χ4n) is 5.41. The molecule has 0 radical (unpaired) electrons.